The molecule has 0 unspecified atom stereocenters. The van der Waals surface area contributed by atoms with E-state index in [4.69, 9.17) is 0 Å². The van der Waals surface area contributed by atoms with Crippen LogP contribution >= 0.6 is 0 Å². The largest absolute Gasteiger partial charge is 0.355 e. The van der Waals surface area contributed by atoms with E-state index in [2.05, 4.69) is 26.1 Å². The maximum atomic E-state index is 12.1. The third-order valence-corrected chi connectivity index (χ3v) is 3.24. The first-order valence-electron chi connectivity index (χ1n) is 6.94. The van der Waals surface area contributed by atoms with Gasteiger partial charge in [0.25, 0.3) is 0 Å². The van der Waals surface area contributed by atoms with Crippen molar-refractivity contribution in [2.75, 3.05) is 20.6 Å². The topological polar surface area (TPSA) is 49.4 Å². The molecule has 4 nitrogen and oxygen atoms in total. The Bertz CT molecular complexity index is 315. The van der Waals surface area contributed by atoms with Crippen LogP contribution in [0.25, 0.3) is 0 Å². The number of carbonyl (C=O) groups excluding carboxylic acids is 2. The number of amides is 2. The minimum Gasteiger partial charge on any atom is -0.355 e. The Labute approximate surface area is 117 Å². The van der Waals surface area contributed by atoms with E-state index >= 15 is 0 Å². The van der Waals surface area contributed by atoms with Crippen molar-refractivity contribution < 1.29 is 9.59 Å². The first kappa shape index (κ1) is 17.9. The first-order chi connectivity index (χ1) is 8.46. The molecule has 19 heavy (non-hydrogen) atoms. The van der Waals surface area contributed by atoms with Crippen LogP contribution in [0.4, 0.5) is 0 Å². The minimum absolute atomic E-state index is 0.0308. The van der Waals surface area contributed by atoms with Crippen molar-refractivity contribution in [1.29, 1.82) is 0 Å². The lowest BCUT2D eigenvalue weighted by atomic mass is 9.79. The zero-order valence-electron chi connectivity index (χ0n) is 13.6. The van der Waals surface area contributed by atoms with Crippen molar-refractivity contribution in [3.05, 3.63) is 0 Å². The fraction of sp³-hybridized carbons (Fsp3) is 0.867. The lowest BCUT2D eigenvalue weighted by Crippen LogP contribution is -2.39. The summed E-state index contributed by atoms with van der Waals surface area (Å²) in [6.07, 6.45) is 2.21. The summed E-state index contributed by atoms with van der Waals surface area (Å²) < 4.78 is 0. The number of hydrogen-bond donors (Lipinski definition) is 1. The van der Waals surface area contributed by atoms with E-state index in [1.165, 1.54) is 4.90 Å². The summed E-state index contributed by atoms with van der Waals surface area (Å²) in [5, 5.41) is 2.86. The quantitative estimate of drug-likeness (QED) is 0.806. The minimum atomic E-state index is -0.381. The van der Waals surface area contributed by atoms with Crippen LogP contribution in [0.2, 0.25) is 0 Å². The van der Waals surface area contributed by atoms with Crippen LogP contribution in [0.5, 0.6) is 0 Å². The standard InChI is InChI=1S/C15H30N2O2/c1-14(2,3)9-10-15(4,5)13(19)16-11-8-12(18)17(6)7/h8-11H2,1-7H3,(H,16,19). The highest BCUT2D eigenvalue weighted by molar-refractivity contribution is 5.82. The van der Waals surface area contributed by atoms with Crippen LogP contribution in [-0.4, -0.2) is 37.4 Å². The highest BCUT2D eigenvalue weighted by Crippen LogP contribution is 2.30. The van der Waals surface area contributed by atoms with Gasteiger partial charge in [-0.3, -0.25) is 9.59 Å². The molecule has 0 aromatic carbocycles. The summed E-state index contributed by atoms with van der Waals surface area (Å²) in [4.78, 5) is 25.0. The van der Waals surface area contributed by atoms with Gasteiger partial charge in [-0.15, -0.1) is 0 Å². The molecule has 0 saturated heterocycles. The van der Waals surface area contributed by atoms with Gasteiger partial charge in [0.1, 0.15) is 0 Å². The average molecular weight is 270 g/mol. The molecule has 0 spiro atoms. The third kappa shape index (κ3) is 7.85. The van der Waals surface area contributed by atoms with Crippen molar-refractivity contribution in [3.8, 4) is 0 Å². The van der Waals surface area contributed by atoms with Gasteiger partial charge in [0.2, 0.25) is 11.8 Å². The Morgan fingerprint density at radius 1 is 1.00 bits per heavy atom. The second-order valence-electron chi connectivity index (χ2n) is 7.24. The molecule has 2 amide bonds. The number of rotatable bonds is 6. The van der Waals surface area contributed by atoms with Crippen molar-refractivity contribution in [1.82, 2.24) is 10.2 Å². The molecule has 0 heterocycles. The van der Waals surface area contributed by atoms with Gasteiger partial charge in [0, 0.05) is 32.5 Å². The Kier molecular flexibility index (Phi) is 6.53. The second-order valence-corrected chi connectivity index (χ2v) is 7.24. The van der Waals surface area contributed by atoms with Crippen LogP contribution in [0.3, 0.4) is 0 Å². The van der Waals surface area contributed by atoms with Gasteiger partial charge in [-0.2, -0.15) is 0 Å². The Hall–Kier alpha value is -1.06. The molecule has 0 rings (SSSR count). The van der Waals surface area contributed by atoms with Gasteiger partial charge in [0.15, 0.2) is 0 Å². The predicted octanol–water partition coefficient (Wildman–Crippen LogP) is 2.43. The molecule has 1 N–H and O–H groups in total. The molecular formula is C15H30N2O2. The number of hydrogen-bond acceptors (Lipinski definition) is 2. The zero-order chi connectivity index (χ0) is 15.3. The fourth-order valence-corrected chi connectivity index (χ4v) is 1.55. The van der Waals surface area contributed by atoms with E-state index in [0.29, 0.717) is 13.0 Å². The smallest absolute Gasteiger partial charge is 0.225 e. The fourth-order valence-electron chi connectivity index (χ4n) is 1.55. The molecule has 0 radical (unpaired) electrons. The van der Waals surface area contributed by atoms with Gasteiger partial charge >= 0.3 is 0 Å². The van der Waals surface area contributed by atoms with E-state index in [1.54, 1.807) is 14.1 Å². The van der Waals surface area contributed by atoms with Crippen LogP contribution in [0.15, 0.2) is 0 Å². The molecule has 0 aromatic rings. The summed E-state index contributed by atoms with van der Waals surface area (Å²) in [6, 6.07) is 0. The van der Waals surface area contributed by atoms with Gasteiger partial charge in [0.05, 0.1) is 0 Å². The lowest BCUT2D eigenvalue weighted by molar-refractivity contribution is -0.131. The van der Waals surface area contributed by atoms with Gasteiger partial charge in [-0.25, -0.2) is 0 Å². The molecule has 0 fully saturated rings. The summed E-state index contributed by atoms with van der Waals surface area (Å²) in [5.74, 6) is 0.0658. The normalized spacial score (nSPS) is 12.2. The Morgan fingerprint density at radius 2 is 1.53 bits per heavy atom. The van der Waals surface area contributed by atoms with Crippen molar-refractivity contribution in [3.63, 3.8) is 0 Å². The van der Waals surface area contributed by atoms with Crippen molar-refractivity contribution in [2.24, 2.45) is 10.8 Å². The molecule has 0 saturated carbocycles. The highest BCUT2D eigenvalue weighted by atomic mass is 16.2. The maximum absolute atomic E-state index is 12.1. The Balaban J connectivity index is 4.15. The summed E-state index contributed by atoms with van der Waals surface area (Å²) in [5.41, 5.74) is -0.146. The average Bonchev–Trinajstić information content (AvgIpc) is 2.25. The molecule has 0 aliphatic heterocycles. The van der Waals surface area contributed by atoms with Gasteiger partial charge in [-0.1, -0.05) is 34.6 Å². The monoisotopic (exact) mass is 270 g/mol. The maximum Gasteiger partial charge on any atom is 0.225 e. The van der Waals surface area contributed by atoms with Crippen LogP contribution in [-0.2, 0) is 9.59 Å². The number of nitrogens with zero attached hydrogens (tertiary/aromatic N) is 1. The van der Waals surface area contributed by atoms with Crippen LogP contribution in [0, 0.1) is 10.8 Å². The molecule has 112 valence electrons. The number of carbonyl (C=O) groups is 2. The SMILES string of the molecule is CN(C)C(=O)CCNC(=O)C(C)(C)CCC(C)(C)C. The van der Waals surface area contributed by atoms with Gasteiger partial charge in [-0.05, 0) is 18.3 Å². The van der Waals surface area contributed by atoms with E-state index in [-0.39, 0.29) is 22.6 Å². The molecule has 0 bridgehead atoms. The van der Waals surface area contributed by atoms with E-state index in [0.717, 1.165) is 12.8 Å². The molecule has 4 heteroatoms. The molecule has 0 aromatic heterocycles. The van der Waals surface area contributed by atoms with Crippen molar-refractivity contribution >= 4 is 11.8 Å². The zero-order valence-corrected chi connectivity index (χ0v) is 13.6. The van der Waals surface area contributed by atoms with Crippen LogP contribution < -0.4 is 5.32 Å². The number of nitrogens with one attached hydrogen (secondary N) is 1. The summed E-state index contributed by atoms with van der Waals surface area (Å²) in [7, 11) is 3.44. The van der Waals surface area contributed by atoms with Gasteiger partial charge < -0.3 is 10.2 Å². The van der Waals surface area contributed by atoms with Crippen LogP contribution in [0.1, 0.15) is 53.9 Å². The second kappa shape index (κ2) is 6.92. The molecule has 0 aliphatic carbocycles. The van der Waals surface area contributed by atoms with E-state index in [9.17, 15) is 9.59 Å². The predicted molar refractivity (Wildman–Crippen MR) is 78.8 cm³/mol. The Morgan fingerprint density at radius 3 is 1.95 bits per heavy atom. The molecular weight excluding hydrogens is 240 g/mol. The highest BCUT2D eigenvalue weighted by Gasteiger charge is 2.28. The lowest BCUT2D eigenvalue weighted by Gasteiger charge is -2.28. The molecule has 0 atom stereocenters. The van der Waals surface area contributed by atoms with Crippen molar-refractivity contribution in [2.45, 2.75) is 53.9 Å². The molecule has 0 aliphatic rings. The van der Waals surface area contributed by atoms with E-state index < -0.39 is 0 Å². The summed E-state index contributed by atoms with van der Waals surface area (Å²) in [6.45, 7) is 10.9. The summed E-state index contributed by atoms with van der Waals surface area (Å²) >= 11 is 0. The van der Waals surface area contributed by atoms with E-state index in [1.807, 2.05) is 13.8 Å². The third-order valence-electron chi connectivity index (χ3n) is 3.24. The first-order valence-corrected chi connectivity index (χ1v) is 6.94.